The Morgan fingerprint density at radius 2 is 1.75 bits per heavy atom. The fourth-order valence-corrected chi connectivity index (χ4v) is 4.52. The molecule has 0 unspecified atom stereocenters. The quantitative estimate of drug-likeness (QED) is 0.199. The van der Waals surface area contributed by atoms with Crippen LogP contribution < -0.4 is 21.3 Å². The van der Waals surface area contributed by atoms with Crippen molar-refractivity contribution >= 4 is 23.5 Å². The SMILES string of the molecule is CCCCCCCn1c(=O)c(NCCCOc2ccc(SC(C)(C)C(=O)OCC)cc2)nn(C)c1=O. The third-order valence-electron chi connectivity index (χ3n) is 5.54. The van der Waals surface area contributed by atoms with E-state index in [1.165, 1.54) is 21.0 Å². The number of benzene rings is 1. The van der Waals surface area contributed by atoms with Gasteiger partial charge in [-0.15, -0.1) is 16.9 Å². The average Bonchev–Trinajstić information content (AvgIpc) is 2.84. The number of anilines is 1. The van der Waals surface area contributed by atoms with E-state index >= 15 is 0 Å². The van der Waals surface area contributed by atoms with Gasteiger partial charge in [-0.2, -0.15) is 0 Å². The first-order valence-electron chi connectivity index (χ1n) is 12.7. The van der Waals surface area contributed by atoms with Gasteiger partial charge in [-0.3, -0.25) is 14.2 Å². The Hall–Kier alpha value is -2.75. The predicted molar refractivity (Wildman–Crippen MR) is 144 cm³/mol. The molecular formula is C26H40N4O5S. The Labute approximate surface area is 217 Å². The summed E-state index contributed by atoms with van der Waals surface area (Å²) in [6, 6.07) is 7.56. The third-order valence-corrected chi connectivity index (χ3v) is 6.72. The van der Waals surface area contributed by atoms with E-state index in [1.807, 2.05) is 38.1 Å². The number of nitrogens with one attached hydrogen (secondary N) is 1. The maximum Gasteiger partial charge on any atom is 0.347 e. The number of unbranched alkanes of at least 4 members (excludes halogenated alkanes) is 4. The van der Waals surface area contributed by atoms with Gasteiger partial charge in [0.25, 0.3) is 5.56 Å². The van der Waals surface area contributed by atoms with E-state index in [0.717, 1.165) is 42.7 Å². The number of carbonyl (C=O) groups excluding carboxylic acids is 1. The van der Waals surface area contributed by atoms with Crippen LogP contribution in [0.1, 0.15) is 66.2 Å². The van der Waals surface area contributed by atoms with Crippen molar-refractivity contribution in [2.75, 3.05) is 25.1 Å². The first kappa shape index (κ1) is 29.5. The lowest BCUT2D eigenvalue weighted by Crippen LogP contribution is -2.42. The van der Waals surface area contributed by atoms with Crippen molar-refractivity contribution in [3.8, 4) is 5.75 Å². The Bertz CT molecular complexity index is 1080. The first-order valence-corrected chi connectivity index (χ1v) is 13.5. The summed E-state index contributed by atoms with van der Waals surface area (Å²) in [6.07, 6.45) is 5.85. The lowest BCUT2D eigenvalue weighted by molar-refractivity contribution is -0.145. The number of hydrogen-bond donors (Lipinski definition) is 1. The number of esters is 1. The summed E-state index contributed by atoms with van der Waals surface area (Å²) in [5.74, 6) is 0.657. The van der Waals surface area contributed by atoms with Gasteiger partial charge >= 0.3 is 11.7 Å². The van der Waals surface area contributed by atoms with Gasteiger partial charge in [0.2, 0.25) is 5.82 Å². The standard InChI is InChI=1S/C26H40N4O5S/c1-6-8-9-10-11-18-30-23(31)22(28-29(5)25(30)33)27-17-12-19-35-20-13-15-21(16-14-20)36-26(3,4)24(32)34-7-2/h13-16H,6-12,17-19H2,1-5H3,(H,27,28). The van der Waals surface area contributed by atoms with Crippen LogP contribution in [0.4, 0.5) is 5.82 Å². The van der Waals surface area contributed by atoms with Crippen molar-refractivity contribution in [2.24, 2.45) is 7.05 Å². The molecule has 2 rings (SSSR count). The fraction of sp³-hybridized carbons (Fsp3) is 0.615. The molecule has 200 valence electrons. The summed E-state index contributed by atoms with van der Waals surface area (Å²) in [5, 5.41) is 7.14. The number of nitrogens with zero attached hydrogens (tertiary/aromatic N) is 3. The van der Waals surface area contributed by atoms with E-state index in [4.69, 9.17) is 9.47 Å². The van der Waals surface area contributed by atoms with Crippen LogP contribution in [0.5, 0.6) is 5.75 Å². The molecule has 1 aromatic carbocycles. The van der Waals surface area contributed by atoms with Crippen LogP contribution in [0.15, 0.2) is 38.8 Å². The van der Waals surface area contributed by atoms with Crippen molar-refractivity contribution in [1.82, 2.24) is 14.3 Å². The van der Waals surface area contributed by atoms with Gasteiger partial charge in [0.1, 0.15) is 10.5 Å². The van der Waals surface area contributed by atoms with Crippen LogP contribution in [-0.4, -0.2) is 44.8 Å². The molecule has 0 saturated carbocycles. The maximum atomic E-state index is 12.7. The van der Waals surface area contributed by atoms with Crippen molar-refractivity contribution in [1.29, 1.82) is 0 Å². The Balaban J connectivity index is 1.82. The molecule has 10 heteroatoms. The number of thioether (sulfide) groups is 1. The van der Waals surface area contributed by atoms with E-state index in [9.17, 15) is 14.4 Å². The summed E-state index contributed by atoms with van der Waals surface area (Å²) >= 11 is 1.44. The van der Waals surface area contributed by atoms with E-state index < -0.39 is 10.4 Å². The van der Waals surface area contributed by atoms with E-state index in [-0.39, 0.29) is 17.3 Å². The zero-order valence-corrected chi connectivity index (χ0v) is 23.0. The number of hydrogen-bond acceptors (Lipinski definition) is 8. The minimum atomic E-state index is -0.674. The second-order valence-corrected chi connectivity index (χ2v) is 10.8. The van der Waals surface area contributed by atoms with Gasteiger partial charge < -0.3 is 14.8 Å². The number of aryl methyl sites for hydroxylation is 1. The largest absolute Gasteiger partial charge is 0.494 e. The van der Waals surface area contributed by atoms with E-state index in [1.54, 1.807) is 14.0 Å². The minimum absolute atomic E-state index is 0.177. The van der Waals surface area contributed by atoms with Gasteiger partial charge in [0, 0.05) is 25.0 Å². The monoisotopic (exact) mass is 520 g/mol. The van der Waals surface area contributed by atoms with Crippen LogP contribution in [0, 0.1) is 0 Å². The van der Waals surface area contributed by atoms with Crippen LogP contribution in [-0.2, 0) is 23.1 Å². The molecular weight excluding hydrogens is 480 g/mol. The third kappa shape index (κ3) is 9.04. The molecule has 0 bridgehead atoms. The summed E-state index contributed by atoms with van der Waals surface area (Å²) < 4.78 is 12.7. The Morgan fingerprint density at radius 1 is 1.06 bits per heavy atom. The molecule has 9 nitrogen and oxygen atoms in total. The topological polar surface area (TPSA) is 104 Å². The highest BCUT2D eigenvalue weighted by Crippen LogP contribution is 2.34. The Kier molecular flexibility index (Phi) is 12.1. The van der Waals surface area contributed by atoms with Crippen LogP contribution in [0.3, 0.4) is 0 Å². The molecule has 0 spiro atoms. The number of ether oxygens (including phenoxy) is 2. The smallest absolute Gasteiger partial charge is 0.347 e. The maximum absolute atomic E-state index is 12.7. The van der Waals surface area contributed by atoms with Crippen molar-refractivity contribution in [2.45, 2.75) is 82.4 Å². The number of rotatable bonds is 16. The second-order valence-electron chi connectivity index (χ2n) is 9.06. The van der Waals surface area contributed by atoms with Crippen LogP contribution in [0.25, 0.3) is 0 Å². The molecule has 0 fully saturated rings. The highest BCUT2D eigenvalue weighted by atomic mass is 32.2. The highest BCUT2D eigenvalue weighted by molar-refractivity contribution is 8.01. The fourth-order valence-electron chi connectivity index (χ4n) is 3.52. The van der Waals surface area contributed by atoms with Gasteiger partial charge in [0.05, 0.1) is 13.2 Å². The molecule has 0 aliphatic carbocycles. The zero-order chi connectivity index (χ0) is 26.6. The molecule has 0 radical (unpaired) electrons. The molecule has 36 heavy (non-hydrogen) atoms. The highest BCUT2D eigenvalue weighted by Gasteiger charge is 2.30. The Morgan fingerprint density at radius 3 is 2.42 bits per heavy atom. The molecule has 0 aliphatic heterocycles. The minimum Gasteiger partial charge on any atom is -0.494 e. The summed E-state index contributed by atoms with van der Waals surface area (Å²) in [5.41, 5.74) is -0.773. The summed E-state index contributed by atoms with van der Waals surface area (Å²) in [7, 11) is 1.56. The first-order chi connectivity index (χ1) is 17.2. The molecule has 2 aromatic rings. The molecule has 0 atom stereocenters. The van der Waals surface area contributed by atoms with Gasteiger partial charge in [0.15, 0.2) is 0 Å². The zero-order valence-electron chi connectivity index (χ0n) is 22.2. The predicted octanol–water partition coefficient (Wildman–Crippen LogP) is 4.23. The summed E-state index contributed by atoms with van der Waals surface area (Å²) in [6.45, 7) is 9.33. The average molecular weight is 521 g/mol. The molecule has 1 N–H and O–H groups in total. The molecule has 1 heterocycles. The normalized spacial score (nSPS) is 11.4. The van der Waals surface area contributed by atoms with Crippen molar-refractivity contribution in [3.63, 3.8) is 0 Å². The van der Waals surface area contributed by atoms with E-state index in [0.29, 0.717) is 32.7 Å². The molecule has 0 aliphatic rings. The van der Waals surface area contributed by atoms with Crippen molar-refractivity contribution in [3.05, 3.63) is 45.1 Å². The lowest BCUT2D eigenvalue weighted by Gasteiger charge is -2.21. The molecule has 0 saturated heterocycles. The number of aromatic nitrogens is 3. The summed E-state index contributed by atoms with van der Waals surface area (Å²) in [4.78, 5) is 38.1. The van der Waals surface area contributed by atoms with Gasteiger partial charge in [-0.1, -0.05) is 32.6 Å². The molecule has 0 amide bonds. The van der Waals surface area contributed by atoms with Crippen molar-refractivity contribution < 1.29 is 14.3 Å². The van der Waals surface area contributed by atoms with Gasteiger partial charge in [-0.25, -0.2) is 9.48 Å². The van der Waals surface area contributed by atoms with E-state index in [2.05, 4.69) is 17.3 Å². The van der Waals surface area contributed by atoms with Crippen LogP contribution in [0.2, 0.25) is 0 Å². The van der Waals surface area contributed by atoms with Gasteiger partial charge in [-0.05, 0) is 57.9 Å². The lowest BCUT2D eigenvalue weighted by atomic mass is 10.1. The number of carbonyl (C=O) groups is 1. The molecule has 1 aromatic heterocycles. The second kappa shape index (κ2) is 14.7. The van der Waals surface area contributed by atoms with Crippen LogP contribution >= 0.6 is 11.8 Å².